The predicted octanol–water partition coefficient (Wildman–Crippen LogP) is 4.03. The Morgan fingerprint density at radius 3 is 2.69 bits per heavy atom. The summed E-state index contributed by atoms with van der Waals surface area (Å²) in [5, 5.41) is 11.6. The first-order valence-electron chi connectivity index (χ1n) is 12.6. The molecule has 1 aliphatic carbocycles. The van der Waals surface area contributed by atoms with Gasteiger partial charge in [-0.3, -0.25) is 4.57 Å². The Balaban J connectivity index is 1.53. The number of nitrogens with two attached hydrogens (primary N) is 1. The Labute approximate surface area is 205 Å². The monoisotopic (exact) mass is 476 g/mol. The molecular weight excluding hydrogens is 443 g/mol. The number of hydrogen-bond acceptors (Lipinski definition) is 6. The van der Waals surface area contributed by atoms with Gasteiger partial charge in [-0.05, 0) is 88.0 Å². The van der Waals surface area contributed by atoms with Gasteiger partial charge in [0.05, 0.1) is 11.7 Å². The number of unbranched alkanes of at least 4 members (excludes halogenated alkanes) is 1. The maximum Gasteiger partial charge on any atom is 0.222 e. The van der Waals surface area contributed by atoms with Gasteiger partial charge in [0.15, 0.2) is 11.6 Å². The highest BCUT2D eigenvalue weighted by molar-refractivity contribution is 5.86. The van der Waals surface area contributed by atoms with Crippen LogP contribution in [-0.2, 0) is 0 Å². The Kier molecular flexibility index (Phi) is 6.47. The van der Waals surface area contributed by atoms with Gasteiger partial charge in [-0.2, -0.15) is 4.98 Å². The molecule has 5 rings (SSSR count). The van der Waals surface area contributed by atoms with Crippen molar-refractivity contribution in [2.24, 2.45) is 5.92 Å². The highest BCUT2D eigenvalue weighted by atomic mass is 19.1. The predicted molar refractivity (Wildman–Crippen MR) is 135 cm³/mol. The first-order valence-corrected chi connectivity index (χ1v) is 12.6. The number of nitrogen functional groups attached to an aromatic ring is 1. The molecule has 2 aliphatic rings. The summed E-state index contributed by atoms with van der Waals surface area (Å²) in [4.78, 5) is 15.1. The molecule has 1 atom stereocenters. The first-order chi connectivity index (χ1) is 16.9. The molecule has 0 spiro atoms. The number of likely N-dealkylation sites (tertiary alicyclic amines) is 1. The molecule has 3 aromatic rings. The molecule has 3 N–H and O–H groups in total. The summed E-state index contributed by atoms with van der Waals surface area (Å²) in [6.07, 6.45) is 11.4. The second-order valence-electron chi connectivity index (χ2n) is 10.1. The zero-order valence-corrected chi connectivity index (χ0v) is 20.5. The van der Waals surface area contributed by atoms with Gasteiger partial charge in [0.2, 0.25) is 5.95 Å². The van der Waals surface area contributed by atoms with Crippen molar-refractivity contribution in [1.29, 1.82) is 0 Å². The normalized spacial score (nSPS) is 18.9. The third-order valence-electron chi connectivity index (χ3n) is 7.36. The first kappa shape index (κ1) is 23.7. The van der Waals surface area contributed by atoms with E-state index in [1.54, 1.807) is 11.5 Å². The Morgan fingerprint density at radius 2 is 1.97 bits per heavy atom. The molecule has 35 heavy (non-hydrogen) atoms. The molecule has 1 saturated heterocycles. The topological polar surface area (TPSA) is 93.1 Å². The van der Waals surface area contributed by atoms with E-state index in [9.17, 15) is 9.50 Å². The fourth-order valence-electron chi connectivity index (χ4n) is 5.04. The molecule has 0 radical (unpaired) electrons. The minimum atomic E-state index is -1.03. The number of fused-ring (bicyclic) bond motifs is 1. The molecule has 184 valence electrons. The van der Waals surface area contributed by atoms with Crippen molar-refractivity contribution >= 4 is 16.9 Å². The van der Waals surface area contributed by atoms with Gasteiger partial charge in [0.25, 0.3) is 0 Å². The van der Waals surface area contributed by atoms with E-state index in [0.717, 1.165) is 68.0 Å². The van der Waals surface area contributed by atoms with Crippen LogP contribution >= 0.6 is 0 Å². The zero-order valence-electron chi connectivity index (χ0n) is 20.5. The minimum Gasteiger partial charge on any atom is -0.378 e. The van der Waals surface area contributed by atoms with Crippen LogP contribution in [-0.4, -0.2) is 54.8 Å². The number of piperidine rings is 1. The van der Waals surface area contributed by atoms with Gasteiger partial charge in [0, 0.05) is 17.8 Å². The van der Waals surface area contributed by atoms with E-state index in [1.807, 2.05) is 18.5 Å². The Hall–Kier alpha value is -3.02. The zero-order chi connectivity index (χ0) is 24.6. The van der Waals surface area contributed by atoms with E-state index in [4.69, 9.17) is 5.73 Å². The van der Waals surface area contributed by atoms with Crippen LogP contribution in [0, 0.1) is 23.6 Å². The second-order valence-corrected chi connectivity index (χ2v) is 10.1. The molecule has 0 aromatic carbocycles. The molecule has 4 heterocycles. The lowest BCUT2D eigenvalue weighted by Crippen LogP contribution is -2.33. The summed E-state index contributed by atoms with van der Waals surface area (Å²) in [6.45, 7) is 7.23. The van der Waals surface area contributed by atoms with Crippen molar-refractivity contribution in [3.63, 3.8) is 0 Å². The number of hydrogen-bond donors (Lipinski definition) is 2. The number of rotatable bonds is 6. The summed E-state index contributed by atoms with van der Waals surface area (Å²) in [5.74, 6) is 6.18. The molecule has 3 aromatic heterocycles. The average molecular weight is 477 g/mol. The fourth-order valence-corrected chi connectivity index (χ4v) is 5.04. The van der Waals surface area contributed by atoms with Crippen LogP contribution in [0.3, 0.4) is 0 Å². The summed E-state index contributed by atoms with van der Waals surface area (Å²) in [7, 11) is 0. The maximum atomic E-state index is 14.8. The highest BCUT2D eigenvalue weighted by Gasteiger charge is 2.38. The highest BCUT2D eigenvalue weighted by Crippen LogP contribution is 2.39. The van der Waals surface area contributed by atoms with E-state index in [-0.39, 0.29) is 17.7 Å². The average Bonchev–Trinajstić information content (AvgIpc) is 3.66. The van der Waals surface area contributed by atoms with Crippen LogP contribution in [0.25, 0.3) is 16.7 Å². The van der Waals surface area contributed by atoms with Gasteiger partial charge in [-0.25, -0.2) is 14.4 Å². The molecule has 0 bridgehead atoms. The molecule has 7 nitrogen and oxygen atoms in total. The molecule has 1 aliphatic heterocycles. The number of halogens is 1. The van der Waals surface area contributed by atoms with Gasteiger partial charge in [0.1, 0.15) is 11.3 Å². The fraction of sp³-hybridized carbons (Fsp3) is 0.519. The molecule has 2 fully saturated rings. The van der Waals surface area contributed by atoms with E-state index < -0.39 is 11.4 Å². The summed E-state index contributed by atoms with van der Waals surface area (Å²) in [6, 6.07) is 1.85. The van der Waals surface area contributed by atoms with E-state index in [1.165, 1.54) is 12.8 Å². The van der Waals surface area contributed by atoms with Gasteiger partial charge >= 0.3 is 0 Å². The van der Waals surface area contributed by atoms with Crippen LogP contribution in [0.15, 0.2) is 24.7 Å². The van der Waals surface area contributed by atoms with Crippen LogP contribution in [0.4, 0.5) is 10.3 Å². The molecule has 0 amide bonds. The SMILES string of the molecule is CCCCN1CCC(c2cn(-c3nc(N)ncc3F)c3cc(C#CC(C)(O)C4CC4)ncc23)CC1. The van der Waals surface area contributed by atoms with E-state index in [0.29, 0.717) is 11.6 Å². The number of pyridine rings is 1. The maximum absolute atomic E-state index is 14.8. The van der Waals surface area contributed by atoms with Crippen molar-refractivity contribution in [1.82, 2.24) is 24.4 Å². The van der Waals surface area contributed by atoms with Gasteiger partial charge < -0.3 is 15.7 Å². The standard InChI is InChI=1S/C27H33FN6O/c1-3-4-11-33-12-8-18(9-13-33)22-17-34(25-23(28)16-31-26(29)32-25)24-14-20(30-15-21(22)24)7-10-27(2,35)19-5-6-19/h14-19,35H,3-6,8-9,11-13H2,1-2H3,(H2,29,31,32). The van der Waals surface area contributed by atoms with Crippen LogP contribution in [0.2, 0.25) is 0 Å². The van der Waals surface area contributed by atoms with Crippen LogP contribution in [0.1, 0.15) is 69.5 Å². The molecule has 1 unspecified atom stereocenters. The Morgan fingerprint density at radius 1 is 1.20 bits per heavy atom. The number of aromatic nitrogens is 4. The third kappa shape index (κ3) is 5.02. The minimum absolute atomic E-state index is 0.0172. The van der Waals surface area contributed by atoms with Crippen LogP contribution in [0.5, 0.6) is 0 Å². The number of anilines is 1. The summed E-state index contributed by atoms with van der Waals surface area (Å²) in [5.41, 5.74) is 7.22. The lowest BCUT2D eigenvalue weighted by molar-refractivity contribution is 0.0980. The summed E-state index contributed by atoms with van der Waals surface area (Å²) < 4.78 is 16.6. The molecular formula is C27H33FN6O. The summed E-state index contributed by atoms with van der Waals surface area (Å²) >= 11 is 0. The molecule has 1 saturated carbocycles. The number of nitrogens with zero attached hydrogens (tertiary/aromatic N) is 5. The van der Waals surface area contributed by atoms with Crippen molar-refractivity contribution in [3.8, 4) is 17.7 Å². The van der Waals surface area contributed by atoms with E-state index in [2.05, 4.69) is 38.6 Å². The van der Waals surface area contributed by atoms with Crippen molar-refractivity contribution in [2.45, 2.75) is 63.9 Å². The Bertz CT molecular complexity index is 1280. The van der Waals surface area contributed by atoms with Gasteiger partial charge in [-0.15, -0.1) is 0 Å². The van der Waals surface area contributed by atoms with Crippen molar-refractivity contribution in [3.05, 3.63) is 41.7 Å². The quantitative estimate of drug-likeness (QED) is 0.522. The molecule has 8 heteroatoms. The number of aliphatic hydroxyl groups is 1. The second kappa shape index (κ2) is 9.56. The van der Waals surface area contributed by atoms with Crippen molar-refractivity contribution < 1.29 is 9.50 Å². The van der Waals surface area contributed by atoms with Crippen LogP contribution < -0.4 is 5.73 Å². The largest absolute Gasteiger partial charge is 0.378 e. The van der Waals surface area contributed by atoms with E-state index >= 15 is 0 Å². The van der Waals surface area contributed by atoms with Gasteiger partial charge in [-0.1, -0.05) is 19.3 Å². The van der Waals surface area contributed by atoms with Crippen molar-refractivity contribution in [2.75, 3.05) is 25.4 Å². The smallest absolute Gasteiger partial charge is 0.222 e. The lowest BCUT2D eigenvalue weighted by Gasteiger charge is -2.31. The third-order valence-corrected chi connectivity index (χ3v) is 7.36. The lowest BCUT2D eigenvalue weighted by atomic mass is 9.89.